The van der Waals surface area contributed by atoms with Gasteiger partial charge in [0, 0.05) is 6.42 Å². The van der Waals surface area contributed by atoms with Crippen molar-refractivity contribution in [3.05, 3.63) is 58.5 Å². The summed E-state index contributed by atoms with van der Waals surface area (Å²) in [5.41, 5.74) is 3.60. The zero-order valence-corrected chi connectivity index (χ0v) is 11.8. The zero-order chi connectivity index (χ0) is 13.5. The van der Waals surface area contributed by atoms with E-state index in [1.165, 1.54) is 6.21 Å². The van der Waals surface area contributed by atoms with Crippen molar-refractivity contribution in [2.24, 2.45) is 5.10 Å². The quantitative estimate of drug-likeness (QED) is 0.679. The Bertz CT molecular complexity index is 564. The number of halogens is 1. The molecule has 0 spiro atoms. The number of hydrogen-bond acceptors (Lipinski definition) is 3. The minimum absolute atomic E-state index is 0.120. The van der Waals surface area contributed by atoms with Gasteiger partial charge in [-0.2, -0.15) is 5.10 Å². The lowest BCUT2D eigenvalue weighted by atomic mass is 10.1. The summed E-state index contributed by atoms with van der Waals surface area (Å²) in [4.78, 5) is 11.5. The monoisotopic (exact) mass is 320 g/mol. The number of nitrogens with one attached hydrogen (secondary N) is 1. The number of amides is 1. The highest BCUT2D eigenvalue weighted by Crippen LogP contribution is 2.11. The van der Waals surface area contributed by atoms with Crippen LogP contribution >= 0.6 is 15.9 Å². The number of carbonyl (C=O) groups is 1. The van der Waals surface area contributed by atoms with Crippen LogP contribution in [0.2, 0.25) is 0 Å². The van der Waals surface area contributed by atoms with Crippen LogP contribution in [0, 0.1) is 0 Å². The molecule has 0 saturated heterocycles. The zero-order valence-electron chi connectivity index (χ0n) is 10.2. The Kier molecular flexibility index (Phi) is 4.92. The predicted molar refractivity (Wildman–Crippen MR) is 76.9 cm³/mol. The molecule has 0 saturated carbocycles. The average Bonchev–Trinajstić information content (AvgIpc) is 2.83. The molecule has 19 heavy (non-hydrogen) atoms. The number of benzene rings is 1. The third kappa shape index (κ3) is 4.71. The van der Waals surface area contributed by atoms with E-state index in [0.717, 1.165) is 5.56 Å². The number of nitrogens with zero attached hydrogens (tertiary/aromatic N) is 1. The Morgan fingerprint density at radius 3 is 2.74 bits per heavy atom. The second-order valence-corrected chi connectivity index (χ2v) is 4.70. The van der Waals surface area contributed by atoms with Gasteiger partial charge in [-0.15, -0.1) is 0 Å². The minimum atomic E-state index is -0.120. The van der Waals surface area contributed by atoms with Crippen molar-refractivity contribution in [1.29, 1.82) is 0 Å². The maximum atomic E-state index is 11.5. The number of furan rings is 1. The molecule has 0 radical (unpaired) electrons. The summed E-state index contributed by atoms with van der Waals surface area (Å²) in [6, 6.07) is 13.4. The summed E-state index contributed by atoms with van der Waals surface area (Å²) >= 11 is 3.19. The molecule has 0 atom stereocenters. The van der Waals surface area contributed by atoms with E-state index >= 15 is 0 Å². The Hall–Kier alpha value is -1.88. The van der Waals surface area contributed by atoms with Gasteiger partial charge in [0.2, 0.25) is 5.91 Å². The number of hydrogen-bond donors (Lipinski definition) is 1. The van der Waals surface area contributed by atoms with Crippen molar-refractivity contribution in [1.82, 2.24) is 5.43 Å². The van der Waals surface area contributed by atoms with Crippen LogP contribution in [-0.2, 0) is 11.2 Å². The largest absolute Gasteiger partial charge is 0.448 e. The number of carbonyl (C=O) groups excluding carboxylic acids is 1. The Balaban J connectivity index is 1.74. The SMILES string of the molecule is O=C(CCc1ccccc1)N/N=C/c1ccc(Br)o1. The standard InChI is InChI=1S/C14H13BrN2O2/c15-13-8-7-12(19-13)10-16-17-14(18)9-6-11-4-2-1-3-5-11/h1-5,7-8,10H,6,9H2,(H,17,18)/b16-10+. The van der Waals surface area contributed by atoms with E-state index in [0.29, 0.717) is 23.3 Å². The highest BCUT2D eigenvalue weighted by molar-refractivity contribution is 9.10. The van der Waals surface area contributed by atoms with E-state index in [1.54, 1.807) is 12.1 Å². The molecule has 1 N–H and O–H groups in total. The summed E-state index contributed by atoms with van der Waals surface area (Å²) in [6.07, 6.45) is 2.57. The van der Waals surface area contributed by atoms with Crippen LogP contribution in [0.4, 0.5) is 0 Å². The summed E-state index contributed by atoms with van der Waals surface area (Å²) in [7, 11) is 0. The normalized spacial score (nSPS) is 10.8. The molecule has 0 unspecified atom stereocenters. The number of rotatable bonds is 5. The fourth-order valence-electron chi connectivity index (χ4n) is 1.52. The molecule has 2 rings (SSSR count). The maximum Gasteiger partial charge on any atom is 0.240 e. The van der Waals surface area contributed by atoms with Gasteiger partial charge >= 0.3 is 0 Å². The Morgan fingerprint density at radius 2 is 2.05 bits per heavy atom. The highest BCUT2D eigenvalue weighted by Gasteiger charge is 2.00. The fraction of sp³-hybridized carbons (Fsp3) is 0.143. The molecule has 4 nitrogen and oxygen atoms in total. The topological polar surface area (TPSA) is 54.6 Å². The number of hydrazone groups is 1. The minimum Gasteiger partial charge on any atom is -0.448 e. The predicted octanol–water partition coefficient (Wildman–Crippen LogP) is 3.13. The van der Waals surface area contributed by atoms with Gasteiger partial charge < -0.3 is 4.42 Å². The van der Waals surface area contributed by atoms with Gasteiger partial charge in [0.1, 0.15) is 5.76 Å². The first-order valence-electron chi connectivity index (χ1n) is 5.85. The smallest absolute Gasteiger partial charge is 0.240 e. The van der Waals surface area contributed by atoms with Gasteiger partial charge in [0.15, 0.2) is 4.67 Å². The second kappa shape index (κ2) is 6.89. The molecule has 0 aliphatic carbocycles. The number of aryl methyl sites for hydroxylation is 1. The molecular weight excluding hydrogens is 308 g/mol. The van der Waals surface area contributed by atoms with E-state index < -0.39 is 0 Å². The molecule has 1 aromatic carbocycles. The molecule has 0 aliphatic heterocycles. The Labute approximate surface area is 119 Å². The summed E-state index contributed by atoms with van der Waals surface area (Å²) in [6.45, 7) is 0. The van der Waals surface area contributed by atoms with E-state index in [1.807, 2.05) is 30.3 Å². The molecule has 2 aromatic rings. The van der Waals surface area contributed by atoms with E-state index in [2.05, 4.69) is 26.5 Å². The van der Waals surface area contributed by atoms with Crippen LogP contribution in [-0.4, -0.2) is 12.1 Å². The molecule has 1 aromatic heterocycles. The highest BCUT2D eigenvalue weighted by atomic mass is 79.9. The first-order chi connectivity index (χ1) is 9.24. The molecule has 0 aliphatic rings. The maximum absolute atomic E-state index is 11.5. The lowest BCUT2D eigenvalue weighted by Gasteiger charge is -2.00. The van der Waals surface area contributed by atoms with E-state index in [-0.39, 0.29) is 5.91 Å². The summed E-state index contributed by atoms with van der Waals surface area (Å²) in [5.74, 6) is 0.459. The van der Waals surface area contributed by atoms with Crippen molar-refractivity contribution < 1.29 is 9.21 Å². The first kappa shape index (κ1) is 13.5. The van der Waals surface area contributed by atoms with Gasteiger partial charge in [0.05, 0.1) is 6.21 Å². The van der Waals surface area contributed by atoms with Crippen molar-refractivity contribution >= 4 is 28.1 Å². The molecule has 1 amide bonds. The van der Waals surface area contributed by atoms with Crippen LogP contribution in [0.15, 0.2) is 56.7 Å². The summed E-state index contributed by atoms with van der Waals surface area (Å²) < 4.78 is 5.84. The van der Waals surface area contributed by atoms with Gasteiger partial charge in [-0.05, 0) is 40.0 Å². The van der Waals surface area contributed by atoms with Crippen molar-refractivity contribution in [2.45, 2.75) is 12.8 Å². The van der Waals surface area contributed by atoms with Gasteiger partial charge in [0.25, 0.3) is 0 Å². The molecule has 5 heteroatoms. The molecule has 98 valence electrons. The van der Waals surface area contributed by atoms with Crippen LogP contribution in [0.5, 0.6) is 0 Å². The second-order valence-electron chi connectivity index (χ2n) is 3.92. The van der Waals surface area contributed by atoms with Crippen molar-refractivity contribution in [2.75, 3.05) is 0 Å². The first-order valence-corrected chi connectivity index (χ1v) is 6.64. The van der Waals surface area contributed by atoms with Crippen molar-refractivity contribution in [3.8, 4) is 0 Å². The van der Waals surface area contributed by atoms with Gasteiger partial charge in [-0.25, -0.2) is 5.43 Å². The molecule has 0 bridgehead atoms. The molecule has 0 fully saturated rings. The van der Waals surface area contributed by atoms with Gasteiger partial charge in [-0.3, -0.25) is 4.79 Å². The van der Waals surface area contributed by atoms with E-state index in [9.17, 15) is 4.79 Å². The van der Waals surface area contributed by atoms with E-state index in [4.69, 9.17) is 4.42 Å². The van der Waals surface area contributed by atoms with Crippen LogP contribution < -0.4 is 5.43 Å². The molecular formula is C14H13BrN2O2. The van der Waals surface area contributed by atoms with Crippen LogP contribution in [0.1, 0.15) is 17.7 Å². The average molecular weight is 321 g/mol. The van der Waals surface area contributed by atoms with Crippen LogP contribution in [0.3, 0.4) is 0 Å². The molecule has 1 heterocycles. The third-order valence-corrected chi connectivity index (χ3v) is 2.88. The van der Waals surface area contributed by atoms with Crippen molar-refractivity contribution in [3.63, 3.8) is 0 Å². The van der Waals surface area contributed by atoms with Gasteiger partial charge in [-0.1, -0.05) is 30.3 Å². The van der Waals surface area contributed by atoms with Crippen LogP contribution in [0.25, 0.3) is 0 Å². The lowest BCUT2D eigenvalue weighted by molar-refractivity contribution is -0.121. The fourth-order valence-corrected chi connectivity index (χ4v) is 1.84. The summed E-state index contributed by atoms with van der Waals surface area (Å²) in [5, 5.41) is 3.83. The Morgan fingerprint density at radius 1 is 1.26 bits per heavy atom. The lowest BCUT2D eigenvalue weighted by Crippen LogP contribution is -2.17. The third-order valence-electron chi connectivity index (χ3n) is 2.46.